The van der Waals surface area contributed by atoms with Gasteiger partial charge in [-0.3, -0.25) is 4.79 Å². The second-order valence-corrected chi connectivity index (χ2v) is 16.8. The molecule has 0 radical (unpaired) electrons. The number of anilines is 1. The van der Waals surface area contributed by atoms with Crippen LogP contribution in [0.3, 0.4) is 0 Å². The fourth-order valence-electron chi connectivity index (χ4n) is 7.28. The molecule has 1 saturated heterocycles. The number of hydrogen-bond donors (Lipinski definition) is 0. The number of piperidine rings is 1. The topological polar surface area (TPSA) is 144 Å². The SMILES string of the molecule is O=c1cccc2n1C[C@@H]1C[C@@H]2CN(c2oc(-c3ccc(Cl)cc3)nc2[P+](c2ccccc2)(c2ccccc2)c2ccccc2)C1.[O-][Cl+3]([O-])([O-])[O-]. The molecule has 0 N–H and O–H groups in total. The zero-order chi connectivity index (χ0) is 34.9. The van der Waals surface area contributed by atoms with Crippen LogP contribution in [0.5, 0.6) is 0 Å². The number of hydrogen-bond acceptors (Lipinski definition) is 8. The minimum absolute atomic E-state index is 0.0863. The molecule has 6 aromatic rings. The molecule has 254 valence electrons. The summed E-state index contributed by atoms with van der Waals surface area (Å²) in [6, 6.07) is 45.8. The van der Waals surface area contributed by atoms with Crippen LogP contribution < -0.4 is 50.4 Å². The van der Waals surface area contributed by atoms with Crippen molar-refractivity contribution in [1.29, 1.82) is 0 Å². The normalized spacial score (nSPS) is 17.0. The van der Waals surface area contributed by atoms with E-state index in [1.165, 1.54) is 15.9 Å². The summed E-state index contributed by atoms with van der Waals surface area (Å²) in [5.74, 6) is 1.94. The van der Waals surface area contributed by atoms with E-state index in [4.69, 9.17) is 39.6 Å². The van der Waals surface area contributed by atoms with E-state index >= 15 is 0 Å². The molecule has 8 rings (SSSR count). The van der Waals surface area contributed by atoms with Crippen LogP contribution in [0.2, 0.25) is 5.02 Å². The molecule has 9 nitrogen and oxygen atoms in total. The maximum Gasteiger partial charge on any atom is 0.262 e. The standard InChI is InChI=1S/C38H32ClN3O2P.ClHO4/c39-30-21-19-28(20-22-30)36-40-37(38(44-36)41-24-27-23-29(26-41)34-17-10-18-35(43)42(34)25-27)45(31-11-4-1-5-12-31,32-13-6-2-7-14-32)33-15-8-3-9-16-33;2-1(3,4)5/h1-22,27,29H,23-26H2;(H,2,3,4,5)/q+1;/p-1/t27-,29-;/m1./s1. The summed E-state index contributed by atoms with van der Waals surface area (Å²) in [5.41, 5.74) is 3.04. The summed E-state index contributed by atoms with van der Waals surface area (Å²) in [6.45, 7) is 2.25. The molecule has 2 aromatic heterocycles. The highest BCUT2D eigenvalue weighted by Crippen LogP contribution is 2.56. The van der Waals surface area contributed by atoms with E-state index in [0.717, 1.165) is 42.1 Å². The van der Waals surface area contributed by atoms with Gasteiger partial charge in [-0.15, -0.1) is 10.2 Å². The number of pyridine rings is 1. The van der Waals surface area contributed by atoms with Gasteiger partial charge in [-0.1, -0.05) is 72.3 Å². The zero-order valence-corrected chi connectivity index (χ0v) is 29.1. The molecule has 50 heavy (non-hydrogen) atoms. The monoisotopic (exact) mass is 727 g/mol. The van der Waals surface area contributed by atoms with Crippen LogP contribution in [-0.2, 0) is 6.54 Å². The van der Waals surface area contributed by atoms with E-state index in [1.54, 1.807) is 6.07 Å². The number of oxazole rings is 1. The van der Waals surface area contributed by atoms with E-state index in [2.05, 4.69) is 102 Å². The third-order valence-electron chi connectivity index (χ3n) is 9.20. The van der Waals surface area contributed by atoms with Gasteiger partial charge in [0.15, 0.2) is 7.26 Å². The molecule has 4 heterocycles. The summed E-state index contributed by atoms with van der Waals surface area (Å²) in [5, 5.41) is 4.32. The van der Waals surface area contributed by atoms with Gasteiger partial charge in [0.25, 0.3) is 16.9 Å². The predicted molar refractivity (Wildman–Crippen MR) is 185 cm³/mol. The highest BCUT2D eigenvalue weighted by molar-refractivity contribution is 8.01. The average molecular weight is 729 g/mol. The minimum Gasteiger partial charge on any atom is -0.416 e. The van der Waals surface area contributed by atoms with E-state index in [-0.39, 0.29) is 11.5 Å². The van der Waals surface area contributed by atoms with Crippen molar-refractivity contribution in [2.75, 3.05) is 18.0 Å². The molecule has 4 aromatic carbocycles. The Morgan fingerprint density at radius 2 is 1.24 bits per heavy atom. The number of fused-ring (bicyclic) bond motifs is 4. The zero-order valence-electron chi connectivity index (χ0n) is 26.7. The van der Waals surface area contributed by atoms with Crippen LogP contribution in [0, 0.1) is 16.2 Å². The summed E-state index contributed by atoms with van der Waals surface area (Å²) in [4.78, 5) is 20.7. The largest absolute Gasteiger partial charge is 0.416 e. The lowest BCUT2D eigenvalue weighted by atomic mass is 9.83. The molecule has 2 aliphatic heterocycles. The Balaban J connectivity index is 0.000000734. The van der Waals surface area contributed by atoms with Crippen molar-refractivity contribution in [3.05, 3.63) is 155 Å². The highest BCUT2D eigenvalue weighted by atomic mass is 35.7. The first-order valence-electron chi connectivity index (χ1n) is 16.0. The summed E-state index contributed by atoms with van der Waals surface area (Å²) < 4.78 is 42.9. The van der Waals surface area contributed by atoms with Gasteiger partial charge in [0.2, 0.25) is 5.89 Å². The fraction of sp³-hybridized carbons (Fsp3) is 0.158. The molecule has 2 bridgehead atoms. The lowest BCUT2D eigenvalue weighted by Crippen LogP contribution is -2.68. The molecule has 0 unspecified atom stereocenters. The molecular weight excluding hydrogens is 696 g/mol. The maximum atomic E-state index is 12.8. The summed E-state index contributed by atoms with van der Waals surface area (Å²) >= 11 is 6.30. The van der Waals surface area contributed by atoms with Crippen molar-refractivity contribution < 1.29 is 33.3 Å². The van der Waals surface area contributed by atoms with E-state index < -0.39 is 17.5 Å². The second-order valence-electron chi connectivity index (χ2n) is 12.3. The van der Waals surface area contributed by atoms with Crippen molar-refractivity contribution >= 4 is 46.1 Å². The van der Waals surface area contributed by atoms with Crippen molar-refractivity contribution in [2.45, 2.75) is 18.9 Å². The van der Waals surface area contributed by atoms with Crippen LogP contribution in [-0.4, -0.2) is 22.6 Å². The van der Waals surface area contributed by atoms with Crippen molar-refractivity contribution in [3.63, 3.8) is 0 Å². The molecule has 1 fully saturated rings. The van der Waals surface area contributed by atoms with Crippen LogP contribution in [0.1, 0.15) is 18.0 Å². The van der Waals surface area contributed by atoms with Crippen molar-refractivity contribution in [2.24, 2.45) is 5.92 Å². The third kappa shape index (κ3) is 6.87. The first-order chi connectivity index (χ1) is 24.1. The molecule has 0 amide bonds. The Morgan fingerprint density at radius 3 is 1.78 bits per heavy atom. The molecule has 2 atom stereocenters. The Labute approximate surface area is 296 Å². The van der Waals surface area contributed by atoms with Gasteiger partial charge in [-0.2, -0.15) is 4.98 Å². The van der Waals surface area contributed by atoms with Gasteiger partial charge in [0, 0.05) is 47.9 Å². The van der Waals surface area contributed by atoms with Crippen molar-refractivity contribution in [3.8, 4) is 11.5 Å². The number of benzene rings is 4. The lowest BCUT2D eigenvalue weighted by molar-refractivity contribution is -2.00. The molecule has 0 spiro atoms. The van der Waals surface area contributed by atoms with E-state index in [1.807, 2.05) is 34.9 Å². The van der Waals surface area contributed by atoms with Gasteiger partial charge in [0.05, 0.1) is 0 Å². The van der Waals surface area contributed by atoms with Crippen LogP contribution in [0.15, 0.2) is 143 Å². The molecular formula is C38H32Cl2N3O6P. The number of nitrogens with zero attached hydrogens (tertiary/aromatic N) is 3. The molecule has 0 aliphatic carbocycles. The Kier molecular flexibility index (Phi) is 9.65. The van der Waals surface area contributed by atoms with Crippen LogP contribution in [0.25, 0.3) is 11.5 Å². The number of rotatable bonds is 6. The third-order valence-corrected chi connectivity index (χ3v) is 13.6. The number of aromatic nitrogens is 2. The van der Waals surface area contributed by atoms with Crippen LogP contribution in [0.4, 0.5) is 5.88 Å². The van der Waals surface area contributed by atoms with E-state index in [9.17, 15) is 4.79 Å². The second kappa shape index (κ2) is 14.1. The average Bonchev–Trinajstić information content (AvgIpc) is 3.56. The quantitative estimate of drug-likeness (QED) is 0.236. The molecule has 12 heteroatoms. The Morgan fingerprint density at radius 1 is 0.700 bits per heavy atom. The molecule has 0 saturated carbocycles. The first kappa shape index (κ1) is 34.2. The predicted octanol–water partition coefficient (Wildman–Crippen LogP) is 1.64. The smallest absolute Gasteiger partial charge is 0.262 e. The highest BCUT2D eigenvalue weighted by Gasteiger charge is 2.54. The summed E-state index contributed by atoms with van der Waals surface area (Å²) in [6.07, 6.45) is 1.06. The van der Waals surface area contributed by atoms with Gasteiger partial charge in [0.1, 0.15) is 15.9 Å². The van der Waals surface area contributed by atoms with Crippen molar-refractivity contribution in [1.82, 2.24) is 9.55 Å². The molecule has 2 aliphatic rings. The van der Waals surface area contributed by atoms with Gasteiger partial charge in [-0.05, 0) is 79.1 Å². The number of halogens is 2. The van der Waals surface area contributed by atoms with Gasteiger partial charge >= 0.3 is 0 Å². The fourth-order valence-corrected chi connectivity index (χ4v) is 11.6. The van der Waals surface area contributed by atoms with Gasteiger partial charge < -0.3 is 13.9 Å². The van der Waals surface area contributed by atoms with E-state index in [0.29, 0.717) is 23.4 Å². The van der Waals surface area contributed by atoms with Crippen LogP contribution >= 0.6 is 18.9 Å². The minimum atomic E-state index is -4.94. The maximum absolute atomic E-state index is 12.8. The van der Waals surface area contributed by atoms with Gasteiger partial charge in [-0.25, -0.2) is 18.6 Å². The first-order valence-corrected chi connectivity index (χ1v) is 19.4. The summed E-state index contributed by atoms with van der Waals surface area (Å²) in [7, 11) is -7.50. The Bertz CT molecular complexity index is 2020. The lowest BCUT2D eigenvalue weighted by Gasteiger charge is -2.42. The Hall–Kier alpha value is -4.31.